The summed E-state index contributed by atoms with van der Waals surface area (Å²) in [6, 6.07) is 0.284. The van der Waals surface area contributed by atoms with Crippen molar-refractivity contribution in [2.45, 2.75) is 31.3 Å². The third-order valence-corrected chi connectivity index (χ3v) is 4.87. The average Bonchev–Trinajstić information content (AvgIpc) is 3.23. The number of hydroxylamine groups is 1. The van der Waals surface area contributed by atoms with Crippen LogP contribution in [0.2, 0.25) is 0 Å². The van der Waals surface area contributed by atoms with E-state index >= 15 is 0 Å². The number of aromatic nitrogens is 2. The number of piperazine rings is 1. The van der Waals surface area contributed by atoms with Crippen LogP contribution in [0.3, 0.4) is 0 Å². The van der Waals surface area contributed by atoms with Crippen molar-refractivity contribution in [1.82, 2.24) is 20.3 Å². The second-order valence-electron chi connectivity index (χ2n) is 6.58. The van der Waals surface area contributed by atoms with Crippen molar-refractivity contribution in [2.75, 3.05) is 24.6 Å². The second-order valence-corrected chi connectivity index (χ2v) is 6.58. The number of hydrogen-bond donors (Lipinski definition) is 2. The minimum atomic E-state index is -0.644. The van der Waals surface area contributed by atoms with Crippen molar-refractivity contribution < 1.29 is 19.5 Å². The van der Waals surface area contributed by atoms with E-state index in [1.165, 1.54) is 12.4 Å². The maximum absolute atomic E-state index is 12.1. The zero-order valence-corrected chi connectivity index (χ0v) is 13.1. The number of hydrogen-bond acceptors (Lipinski definition) is 7. The number of fused-ring (bicyclic) bond motifs is 2. The molecule has 2 amide bonds. The van der Waals surface area contributed by atoms with Crippen molar-refractivity contribution in [3.63, 3.8) is 0 Å². The van der Waals surface area contributed by atoms with E-state index in [4.69, 9.17) is 9.94 Å². The molecule has 3 fully saturated rings. The Morgan fingerprint density at radius 1 is 1.25 bits per heavy atom. The lowest BCUT2D eigenvalue weighted by Crippen LogP contribution is -2.49. The lowest BCUT2D eigenvalue weighted by Gasteiger charge is -2.33. The molecule has 9 heteroatoms. The van der Waals surface area contributed by atoms with Crippen LogP contribution in [0, 0.1) is 5.92 Å². The molecule has 2 atom stereocenters. The first-order valence-corrected chi connectivity index (χ1v) is 8.12. The van der Waals surface area contributed by atoms with E-state index in [2.05, 4.69) is 14.9 Å². The monoisotopic (exact) mass is 333 g/mol. The summed E-state index contributed by atoms with van der Waals surface area (Å²) in [6.45, 7) is 1.80. The van der Waals surface area contributed by atoms with Gasteiger partial charge in [0.05, 0.1) is 24.3 Å². The number of rotatable bonds is 4. The molecule has 1 aromatic rings. The van der Waals surface area contributed by atoms with E-state index in [1.54, 1.807) is 10.4 Å². The zero-order chi connectivity index (χ0) is 16.7. The molecule has 0 spiro atoms. The first kappa shape index (κ1) is 15.1. The van der Waals surface area contributed by atoms with Crippen molar-refractivity contribution >= 4 is 17.9 Å². The maximum Gasteiger partial charge on any atom is 0.410 e. The highest BCUT2D eigenvalue weighted by Crippen LogP contribution is 2.34. The fraction of sp³-hybridized carbons (Fsp3) is 0.600. The molecular weight excluding hydrogens is 314 g/mol. The van der Waals surface area contributed by atoms with E-state index < -0.39 is 5.91 Å². The van der Waals surface area contributed by atoms with Crippen molar-refractivity contribution in [3.8, 4) is 0 Å². The highest BCUT2D eigenvalue weighted by molar-refractivity contribution is 5.92. The summed E-state index contributed by atoms with van der Waals surface area (Å²) in [6.07, 6.45) is 5.73. The van der Waals surface area contributed by atoms with E-state index in [-0.39, 0.29) is 23.7 Å². The second kappa shape index (κ2) is 5.90. The number of carbonyl (C=O) groups is 2. The summed E-state index contributed by atoms with van der Waals surface area (Å²) in [7, 11) is 0. The molecule has 3 heterocycles. The molecule has 1 aromatic heterocycles. The van der Waals surface area contributed by atoms with E-state index in [0.29, 0.717) is 31.6 Å². The molecule has 0 radical (unpaired) electrons. The van der Waals surface area contributed by atoms with Crippen LogP contribution in [0.4, 0.5) is 10.7 Å². The molecule has 2 N–H and O–H groups in total. The Labute approximate surface area is 138 Å². The molecule has 2 aliphatic heterocycles. The lowest BCUT2D eigenvalue weighted by molar-refractivity contribution is 0.0705. The number of anilines is 1. The number of ether oxygens (including phenoxy) is 1. The molecule has 1 saturated carbocycles. The highest BCUT2D eigenvalue weighted by atomic mass is 16.6. The molecular formula is C15H19N5O4. The summed E-state index contributed by atoms with van der Waals surface area (Å²) >= 11 is 0. The van der Waals surface area contributed by atoms with Gasteiger partial charge in [0.25, 0.3) is 5.91 Å². The van der Waals surface area contributed by atoms with Gasteiger partial charge in [0.1, 0.15) is 0 Å². The highest BCUT2D eigenvalue weighted by Gasteiger charge is 2.47. The summed E-state index contributed by atoms with van der Waals surface area (Å²) in [4.78, 5) is 35.7. The van der Waals surface area contributed by atoms with Crippen LogP contribution >= 0.6 is 0 Å². The molecule has 9 nitrogen and oxygen atoms in total. The Hall–Kier alpha value is -2.42. The van der Waals surface area contributed by atoms with E-state index in [0.717, 1.165) is 19.3 Å². The predicted molar refractivity (Wildman–Crippen MR) is 81.6 cm³/mol. The van der Waals surface area contributed by atoms with Crippen molar-refractivity contribution in [1.29, 1.82) is 0 Å². The summed E-state index contributed by atoms with van der Waals surface area (Å²) in [5, 5.41) is 8.60. The van der Waals surface area contributed by atoms with Gasteiger partial charge in [-0.15, -0.1) is 0 Å². The Morgan fingerprint density at radius 2 is 2.00 bits per heavy atom. The smallest absolute Gasteiger partial charge is 0.410 e. The zero-order valence-electron chi connectivity index (χ0n) is 13.1. The van der Waals surface area contributed by atoms with Crippen molar-refractivity contribution in [2.24, 2.45) is 5.92 Å². The van der Waals surface area contributed by atoms with Crippen LogP contribution in [0.15, 0.2) is 12.4 Å². The minimum absolute atomic E-state index is 0.116. The van der Waals surface area contributed by atoms with Gasteiger partial charge in [-0.2, -0.15) is 0 Å². The molecule has 4 rings (SSSR count). The Morgan fingerprint density at radius 3 is 2.58 bits per heavy atom. The van der Waals surface area contributed by atoms with Gasteiger partial charge in [-0.1, -0.05) is 0 Å². The number of likely N-dealkylation sites (tertiary alicyclic amines) is 1. The molecule has 3 aliphatic rings. The van der Waals surface area contributed by atoms with Crippen LogP contribution in [0.25, 0.3) is 0 Å². The number of nitrogens with zero attached hydrogens (tertiary/aromatic N) is 4. The Balaban J connectivity index is 1.37. The van der Waals surface area contributed by atoms with Crippen molar-refractivity contribution in [3.05, 3.63) is 18.0 Å². The normalized spacial score (nSPS) is 25.0. The number of carbonyl (C=O) groups excluding carboxylic acids is 2. The van der Waals surface area contributed by atoms with E-state index in [1.807, 2.05) is 0 Å². The fourth-order valence-electron chi connectivity index (χ4n) is 3.34. The third-order valence-electron chi connectivity index (χ3n) is 4.87. The standard InChI is InChI=1S/C15H19N5O4/c21-13(18-23)10-4-16-14(17-5-10)19-6-12-3-11(19)7-20(12)15(22)24-8-9-1-2-9/h4-5,9,11-12,23H,1-3,6-8H2,(H,18,21)/t11-,12+/m0/s1. The summed E-state index contributed by atoms with van der Waals surface area (Å²) < 4.78 is 5.37. The van der Waals surface area contributed by atoms with Gasteiger partial charge in [-0.25, -0.2) is 20.2 Å². The van der Waals surface area contributed by atoms with Crippen LogP contribution in [-0.4, -0.2) is 63.9 Å². The van der Waals surface area contributed by atoms with Gasteiger partial charge in [-0.3, -0.25) is 10.0 Å². The summed E-state index contributed by atoms with van der Waals surface area (Å²) in [5.74, 6) is 0.449. The van der Waals surface area contributed by atoms with Gasteiger partial charge in [-0.05, 0) is 25.2 Å². The first-order valence-electron chi connectivity index (χ1n) is 8.12. The number of nitrogens with one attached hydrogen (secondary N) is 1. The van der Waals surface area contributed by atoms with Crippen LogP contribution in [0.5, 0.6) is 0 Å². The molecule has 24 heavy (non-hydrogen) atoms. The topological polar surface area (TPSA) is 108 Å². The maximum atomic E-state index is 12.1. The summed E-state index contributed by atoms with van der Waals surface area (Å²) in [5.41, 5.74) is 1.74. The first-order chi connectivity index (χ1) is 11.7. The Kier molecular flexibility index (Phi) is 3.72. The fourth-order valence-corrected chi connectivity index (χ4v) is 3.34. The van der Waals surface area contributed by atoms with Crippen LogP contribution < -0.4 is 10.4 Å². The molecule has 2 saturated heterocycles. The van der Waals surface area contributed by atoms with Gasteiger partial charge in [0, 0.05) is 25.5 Å². The quantitative estimate of drug-likeness (QED) is 0.607. The molecule has 1 aliphatic carbocycles. The Bertz CT molecular complexity index is 648. The minimum Gasteiger partial charge on any atom is -0.449 e. The van der Waals surface area contributed by atoms with Gasteiger partial charge in [0.2, 0.25) is 5.95 Å². The van der Waals surface area contributed by atoms with Gasteiger partial charge >= 0.3 is 6.09 Å². The molecule has 2 bridgehead atoms. The van der Waals surface area contributed by atoms with Crippen LogP contribution in [0.1, 0.15) is 29.6 Å². The average molecular weight is 333 g/mol. The third kappa shape index (κ3) is 2.75. The van der Waals surface area contributed by atoms with E-state index in [9.17, 15) is 9.59 Å². The molecule has 128 valence electrons. The lowest BCUT2D eigenvalue weighted by atomic mass is 10.2. The molecule has 0 aromatic carbocycles. The predicted octanol–water partition coefficient (Wildman–Crippen LogP) is 0.405. The number of amides is 2. The SMILES string of the molecule is O=C(NO)c1cnc(N2C[C@H]3C[C@H]2CN3C(=O)OCC2CC2)nc1. The van der Waals surface area contributed by atoms with Crippen LogP contribution in [-0.2, 0) is 4.74 Å². The molecule has 0 unspecified atom stereocenters. The van der Waals surface area contributed by atoms with Gasteiger partial charge < -0.3 is 14.5 Å². The largest absolute Gasteiger partial charge is 0.449 e. The van der Waals surface area contributed by atoms with Gasteiger partial charge in [0.15, 0.2) is 0 Å².